The summed E-state index contributed by atoms with van der Waals surface area (Å²) in [5, 5.41) is 4.66. The first kappa shape index (κ1) is 21.4. The number of halogens is 2. The monoisotopic (exact) mass is 471 g/mol. The Hall–Kier alpha value is -2.87. The third-order valence-corrected chi connectivity index (χ3v) is 5.84. The highest BCUT2D eigenvalue weighted by Gasteiger charge is 2.24. The van der Waals surface area contributed by atoms with Gasteiger partial charge in [-0.15, -0.1) is 0 Å². The molecule has 156 valence electrons. The standard InChI is InChI=1S/C22H15Cl2N3O3S/c1-2-30-21(29)14-10-13-8-12(6-7-17(13)25-11-14)9-18-20(28)27-22(31-18)26-19-15(23)4-3-5-16(19)24/h3-11H,2H2,1H3,(H,26,27,28)/b18-9-. The zero-order chi connectivity index (χ0) is 22.0. The molecule has 0 aliphatic carbocycles. The molecule has 1 aliphatic rings. The van der Waals surface area contributed by atoms with Crippen LogP contribution in [0.1, 0.15) is 22.8 Å². The van der Waals surface area contributed by atoms with Crippen LogP contribution in [0.15, 0.2) is 58.6 Å². The summed E-state index contributed by atoms with van der Waals surface area (Å²) in [7, 11) is 0. The normalized spacial score (nSPS) is 16.2. The van der Waals surface area contributed by atoms with Crippen molar-refractivity contribution in [3.05, 3.63) is 74.7 Å². The van der Waals surface area contributed by atoms with Crippen LogP contribution in [0.5, 0.6) is 0 Å². The zero-order valence-corrected chi connectivity index (χ0v) is 18.5. The van der Waals surface area contributed by atoms with Crippen LogP contribution in [0.25, 0.3) is 17.0 Å². The van der Waals surface area contributed by atoms with Gasteiger partial charge in [0.15, 0.2) is 5.17 Å². The fraction of sp³-hybridized carbons (Fsp3) is 0.0909. The minimum Gasteiger partial charge on any atom is -0.462 e. The molecule has 0 radical (unpaired) electrons. The van der Waals surface area contributed by atoms with Crippen molar-refractivity contribution in [1.29, 1.82) is 0 Å². The number of amidine groups is 1. The topological polar surface area (TPSA) is 80.7 Å². The van der Waals surface area contributed by atoms with Gasteiger partial charge in [-0.2, -0.15) is 0 Å². The largest absolute Gasteiger partial charge is 0.462 e. The second-order valence-corrected chi connectivity index (χ2v) is 8.29. The number of rotatable bonds is 4. The molecule has 0 saturated carbocycles. The van der Waals surface area contributed by atoms with Crippen LogP contribution in [-0.2, 0) is 9.53 Å². The molecule has 0 spiro atoms. The first-order chi connectivity index (χ1) is 14.9. The molecule has 1 N–H and O–H groups in total. The van der Waals surface area contributed by atoms with E-state index in [0.717, 1.165) is 16.5 Å². The van der Waals surface area contributed by atoms with Gasteiger partial charge >= 0.3 is 5.97 Å². The number of ether oxygens (including phenoxy) is 1. The van der Waals surface area contributed by atoms with Crippen molar-refractivity contribution in [3.63, 3.8) is 0 Å². The molecular weight excluding hydrogens is 457 g/mol. The van der Waals surface area contributed by atoms with Gasteiger partial charge in [-0.05, 0) is 60.7 Å². The van der Waals surface area contributed by atoms with Crippen LogP contribution >= 0.6 is 35.0 Å². The van der Waals surface area contributed by atoms with Crippen LogP contribution in [0.3, 0.4) is 0 Å². The van der Waals surface area contributed by atoms with E-state index in [9.17, 15) is 9.59 Å². The number of carbonyl (C=O) groups is 2. The van der Waals surface area contributed by atoms with Crippen molar-refractivity contribution in [2.45, 2.75) is 6.92 Å². The van der Waals surface area contributed by atoms with Gasteiger partial charge in [-0.25, -0.2) is 9.79 Å². The number of nitrogens with zero attached hydrogens (tertiary/aromatic N) is 2. The summed E-state index contributed by atoms with van der Waals surface area (Å²) in [6.45, 7) is 2.04. The predicted octanol–water partition coefficient (Wildman–Crippen LogP) is 5.61. The SMILES string of the molecule is CCOC(=O)c1cnc2ccc(/C=C3\SC(=Nc4c(Cl)cccc4Cl)NC3=O)cc2c1. The molecule has 1 aliphatic heterocycles. The van der Waals surface area contributed by atoms with Crippen LogP contribution in [0, 0.1) is 0 Å². The summed E-state index contributed by atoms with van der Waals surface area (Å²) >= 11 is 13.5. The van der Waals surface area contributed by atoms with Crippen molar-refractivity contribution in [3.8, 4) is 0 Å². The second-order valence-electron chi connectivity index (χ2n) is 6.45. The van der Waals surface area contributed by atoms with E-state index in [-0.39, 0.29) is 5.91 Å². The maximum absolute atomic E-state index is 12.4. The molecule has 1 aromatic heterocycles. The summed E-state index contributed by atoms with van der Waals surface area (Å²) in [5.41, 5.74) is 2.29. The molecule has 1 amide bonds. The Labute approximate surface area is 192 Å². The van der Waals surface area contributed by atoms with E-state index < -0.39 is 5.97 Å². The van der Waals surface area contributed by atoms with Crippen LogP contribution in [0.4, 0.5) is 5.69 Å². The highest BCUT2D eigenvalue weighted by atomic mass is 35.5. The number of thioether (sulfide) groups is 1. The Balaban J connectivity index is 1.62. The van der Waals surface area contributed by atoms with Crippen LogP contribution < -0.4 is 5.32 Å². The average Bonchev–Trinajstić information content (AvgIpc) is 3.09. The summed E-state index contributed by atoms with van der Waals surface area (Å²) in [6, 6.07) is 12.3. The number of hydrogen-bond donors (Lipinski definition) is 1. The van der Waals surface area contributed by atoms with E-state index in [1.54, 1.807) is 37.3 Å². The lowest BCUT2D eigenvalue weighted by Crippen LogP contribution is -2.19. The van der Waals surface area contributed by atoms with E-state index in [2.05, 4.69) is 15.3 Å². The van der Waals surface area contributed by atoms with Gasteiger partial charge in [0.05, 0.1) is 32.6 Å². The molecular formula is C22H15Cl2N3O3S. The Bertz CT molecular complexity index is 1250. The molecule has 9 heteroatoms. The van der Waals surface area contributed by atoms with Gasteiger partial charge in [0, 0.05) is 11.6 Å². The molecule has 0 atom stereocenters. The fourth-order valence-corrected chi connectivity index (χ4v) is 4.20. The molecule has 4 rings (SSSR count). The van der Waals surface area contributed by atoms with Crippen molar-refractivity contribution in [2.24, 2.45) is 4.99 Å². The van der Waals surface area contributed by atoms with E-state index in [4.69, 9.17) is 27.9 Å². The molecule has 31 heavy (non-hydrogen) atoms. The molecule has 0 unspecified atom stereocenters. The first-order valence-corrected chi connectivity index (χ1v) is 10.8. The lowest BCUT2D eigenvalue weighted by Gasteiger charge is -2.04. The van der Waals surface area contributed by atoms with Gasteiger partial charge in [0.2, 0.25) is 0 Å². The van der Waals surface area contributed by atoms with Crippen molar-refractivity contribution >= 4 is 74.7 Å². The van der Waals surface area contributed by atoms with Crippen LogP contribution in [0.2, 0.25) is 10.0 Å². The lowest BCUT2D eigenvalue weighted by molar-refractivity contribution is -0.115. The number of nitrogens with one attached hydrogen (secondary N) is 1. The Morgan fingerprint density at radius 3 is 2.74 bits per heavy atom. The maximum Gasteiger partial charge on any atom is 0.339 e. The molecule has 6 nitrogen and oxygen atoms in total. The minimum atomic E-state index is -0.425. The quantitative estimate of drug-likeness (QED) is 0.395. The molecule has 2 heterocycles. The molecule has 1 saturated heterocycles. The van der Waals surface area contributed by atoms with E-state index in [0.29, 0.717) is 38.0 Å². The third kappa shape index (κ3) is 4.74. The van der Waals surface area contributed by atoms with Gasteiger partial charge in [0.1, 0.15) is 5.69 Å². The number of hydrogen-bond acceptors (Lipinski definition) is 6. The number of esters is 1. The highest BCUT2D eigenvalue weighted by molar-refractivity contribution is 8.18. The van der Waals surface area contributed by atoms with Crippen LogP contribution in [-0.4, -0.2) is 28.6 Å². The van der Waals surface area contributed by atoms with E-state index in [1.165, 1.54) is 18.0 Å². The predicted molar refractivity (Wildman–Crippen MR) is 125 cm³/mol. The summed E-state index contributed by atoms with van der Waals surface area (Å²) in [4.78, 5) is 33.5. The Morgan fingerprint density at radius 2 is 2.00 bits per heavy atom. The third-order valence-electron chi connectivity index (χ3n) is 4.32. The number of para-hydroxylation sites is 1. The van der Waals surface area contributed by atoms with E-state index in [1.807, 2.05) is 18.2 Å². The lowest BCUT2D eigenvalue weighted by atomic mass is 10.1. The average molecular weight is 472 g/mol. The minimum absolute atomic E-state index is 0.273. The van der Waals surface area contributed by atoms with Gasteiger partial charge in [-0.3, -0.25) is 9.78 Å². The number of pyridine rings is 1. The summed E-state index contributed by atoms with van der Waals surface area (Å²) in [6.07, 6.45) is 3.23. The number of fused-ring (bicyclic) bond motifs is 1. The molecule has 3 aromatic rings. The number of aliphatic imine (C=N–C) groups is 1. The number of carbonyl (C=O) groups excluding carboxylic acids is 2. The Morgan fingerprint density at radius 1 is 1.23 bits per heavy atom. The van der Waals surface area contributed by atoms with Crippen molar-refractivity contribution in [2.75, 3.05) is 6.61 Å². The maximum atomic E-state index is 12.4. The highest BCUT2D eigenvalue weighted by Crippen LogP contribution is 2.35. The Kier molecular flexibility index (Phi) is 6.27. The van der Waals surface area contributed by atoms with Gasteiger partial charge in [0.25, 0.3) is 5.91 Å². The smallest absolute Gasteiger partial charge is 0.339 e. The molecule has 1 fully saturated rings. The van der Waals surface area contributed by atoms with Gasteiger partial charge in [-0.1, -0.05) is 35.3 Å². The first-order valence-electron chi connectivity index (χ1n) is 9.25. The number of benzene rings is 2. The zero-order valence-electron chi connectivity index (χ0n) is 16.2. The van der Waals surface area contributed by atoms with Crippen molar-refractivity contribution < 1.29 is 14.3 Å². The number of aromatic nitrogens is 1. The molecule has 2 aromatic carbocycles. The fourth-order valence-electron chi connectivity index (χ4n) is 2.90. The summed E-state index contributed by atoms with van der Waals surface area (Å²) < 4.78 is 5.03. The van der Waals surface area contributed by atoms with Gasteiger partial charge < -0.3 is 10.1 Å². The summed E-state index contributed by atoms with van der Waals surface area (Å²) in [5.74, 6) is -0.698. The molecule has 0 bridgehead atoms. The van der Waals surface area contributed by atoms with E-state index >= 15 is 0 Å². The second kappa shape index (κ2) is 9.09. The van der Waals surface area contributed by atoms with Crippen molar-refractivity contribution in [1.82, 2.24) is 10.3 Å². The number of amides is 1.